The summed E-state index contributed by atoms with van der Waals surface area (Å²) >= 11 is 7.42. The Morgan fingerprint density at radius 3 is 2.35 bits per heavy atom. The minimum Gasteiger partial charge on any atom is -0.349 e. The number of rotatable bonds is 5. The third-order valence-corrected chi connectivity index (χ3v) is 5.11. The molecule has 0 saturated heterocycles. The van der Waals surface area contributed by atoms with Gasteiger partial charge in [0.25, 0.3) is 0 Å². The summed E-state index contributed by atoms with van der Waals surface area (Å²) in [5.74, 6) is 0.0393. The highest BCUT2D eigenvalue weighted by molar-refractivity contribution is 8.00. The first-order valence-electron chi connectivity index (χ1n) is 7.66. The number of carbonyl (C=O) groups excluding carboxylic acids is 1. The molecule has 0 saturated carbocycles. The van der Waals surface area contributed by atoms with Gasteiger partial charge in [-0.15, -0.1) is 11.8 Å². The number of nitrogens with one attached hydrogen (secondary N) is 1. The minimum atomic E-state index is -0.163. The van der Waals surface area contributed by atoms with Gasteiger partial charge in [0, 0.05) is 9.92 Å². The van der Waals surface area contributed by atoms with Crippen LogP contribution in [0.5, 0.6) is 0 Å². The maximum atomic E-state index is 12.4. The molecule has 2 rings (SSSR count). The molecule has 2 aromatic rings. The molecule has 2 nitrogen and oxygen atoms in total. The van der Waals surface area contributed by atoms with Crippen molar-refractivity contribution >= 4 is 29.3 Å². The van der Waals surface area contributed by atoms with E-state index in [1.807, 2.05) is 38.1 Å². The van der Waals surface area contributed by atoms with Crippen LogP contribution in [0, 0.1) is 13.8 Å². The lowest BCUT2D eigenvalue weighted by molar-refractivity contribution is -0.120. The molecule has 1 N–H and O–H groups in total. The van der Waals surface area contributed by atoms with Crippen molar-refractivity contribution in [3.8, 4) is 0 Å². The third-order valence-electron chi connectivity index (χ3n) is 3.75. The molecule has 23 heavy (non-hydrogen) atoms. The summed E-state index contributed by atoms with van der Waals surface area (Å²) in [6, 6.07) is 13.9. The molecule has 1 amide bonds. The molecular weight excluding hydrogens is 326 g/mol. The molecule has 0 aliphatic heterocycles. The topological polar surface area (TPSA) is 29.1 Å². The zero-order valence-electron chi connectivity index (χ0n) is 13.9. The van der Waals surface area contributed by atoms with E-state index in [4.69, 9.17) is 11.6 Å². The monoisotopic (exact) mass is 347 g/mol. The van der Waals surface area contributed by atoms with Gasteiger partial charge < -0.3 is 5.32 Å². The summed E-state index contributed by atoms with van der Waals surface area (Å²) in [7, 11) is 0. The van der Waals surface area contributed by atoms with Crippen LogP contribution in [0.3, 0.4) is 0 Å². The predicted molar refractivity (Wildman–Crippen MR) is 99.2 cm³/mol. The number of carbonyl (C=O) groups is 1. The van der Waals surface area contributed by atoms with Crippen molar-refractivity contribution in [3.63, 3.8) is 0 Å². The molecule has 2 aromatic carbocycles. The Kier molecular flexibility index (Phi) is 6.14. The minimum absolute atomic E-state index is 0.00336. The molecule has 0 aliphatic carbocycles. The molecule has 122 valence electrons. The Bertz CT molecular complexity index is 684. The summed E-state index contributed by atoms with van der Waals surface area (Å²) in [6.07, 6.45) is 0. The van der Waals surface area contributed by atoms with Crippen molar-refractivity contribution < 1.29 is 4.79 Å². The van der Waals surface area contributed by atoms with Crippen LogP contribution in [0.25, 0.3) is 0 Å². The van der Waals surface area contributed by atoms with E-state index in [-0.39, 0.29) is 17.2 Å². The van der Waals surface area contributed by atoms with Crippen LogP contribution in [0.15, 0.2) is 47.4 Å². The fourth-order valence-corrected chi connectivity index (χ4v) is 3.49. The zero-order valence-corrected chi connectivity index (χ0v) is 15.5. The average Bonchev–Trinajstić information content (AvgIpc) is 2.49. The van der Waals surface area contributed by atoms with Crippen molar-refractivity contribution in [1.82, 2.24) is 5.32 Å². The van der Waals surface area contributed by atoms with Crippen LogP contribution in [0.2, 0.25) is 5.02 Å². The Balaban J connectivity index is 1.98. The fraction of sp³-hybridized carbons (Fsp3) is 0.316. The van der Waals surface area contributed by atoms with Gasteiger partial charge in [-0.25, -0.2) is 0 Å². The summed E-state index contributed by atoms with van der Waals surface area (Å²) in [6.45, 7) is 8.10. The largest absolute Gasteiger partial charge is 0.349 e. The SMILES string of the molecule is Cc1ccc([C@@H](C)NC(=O)[C@@H](C)Sc2ccc(Cl)cc2)c(C)c1. The van der Waals surface area contributed by atoms with Gasteiger partial charge in [0.05, 0.1) is 11.3 Å². The second kappa shape index (κ2) is 7.89. The normalized spacial score (nSPS) is 13.4. The Hall–Kier alpha value is -1.45. The van der Waals surface area contributed by atoms with Crippen molar-refractivity contribution in [1.29, 1.82) is 0 Å². The highest BCUT2D eigenvalue weighted by atomic mass is 35.5. The lowest BCUT2D eigenvalue weighted by Crippen LogP contribution is -2.33. The Morgan fingerprint density at radius 1 is 1.09 bits per heavy atom. The maximum absolute atomic E-state index is 12.4. The van der Waals surface area contributed by atoms with Gasteiger partial charge in [-0.05, 0) is 63.1 Å². The number of aryl methyl sites for hydroxylation is 2. The van der Waals surface area contributed by atoms with E-state index in [1.165, 1.54) is 22.9 Å². The van der Waals surface area contributed by atoms with E-state index in [0.29, 0.717) is 5.02 Å². The quantitative estimate of drug-likeness (QED) is 0.742. The molecular formula is C19H22ClNOS. The number of hydrogen-bond acceptors (Lipinski definition) is 2. The predicted octanol–water partition coefficient (Wildman–Crippen LogP) is 5.31. The van der Waals surface area contributed by atoms with Crippen LogP contribution in [-0.4, -0.2) is 11.2 Å². The molecule has 0 aromatic heterocycles. The van der Waals surface area contributed by atoms with Crippen LogP contribution in [0.4, 0.5) is 0 Å². The smallest absolute Gasteiger partial charge is 0.233 e. The number of amides is 1. The van der Waals surface area contributed by atoms with Gasteiger partial charge in [0.2, 0.25) is 5.91 Å². The van der Waals surface area contributed by atoms with Gasteiger partial charge in [0.1, 0.15) is 0 Å². The van der Waals surface area contributed by atoms with Gasteiger partial charge in [0.15, 0.2) is 0 Å². The van der Waals surface area contributed by atoms with E-state index in [9.17, 15) is 4.79 Å². The Labute approximate surface area is 147 Å². The summed E-state index contributed by atoms with van der Waals surface area (Å²) < 4.78 is 0. The molecule has 4 heteroatoms. The van der Waals surface area contributed by atoms with Gasteiger partial charge >= 0.3 is 0 Å². The maximum Gasteiger partial charge on any atom is 0.233 e. The molecule has 0 unspecified atom stereocenters. The Morgan fingerprint density at radius 2 is 1.74 bits per heavy atom. The first-order chi connectivity index (χ1) is 10.9. The highest BCUT2D eigenvalue weighted by Gasteiger charge is 2.18. The molecule has 0 aliphatic rings. The zero-order chi connectivity index (χ0) is 17.0. The van der Waals surface area contributed by atoms with Gasteiger partial charge in [-0.3, -0.25) is 4.79 Å². The van der Waals surface area contributed by atoms with Crippen molar-refractivity contribution in [2.24, 2.45) is 0 Å². The molecule has 0 fully saturated rings. The molecule has 0 radical (unpaired) electrons. The number of hydrogen-bond donors (Lipinski definition) is 1. The first kappa shape index (κ1) is 17.9. The van der Waals surface area contributed by atoms with Crippen molar-refractivity contribution in [2.45, 2.75) is 43.9 Å². The van der Waals surface area contributed by atoms with Crippen molar-refractivity contribution in [2.75, 3.05) is 0 Å². The number of thioether (sulfide) groups is 1. The summed E-state index contributed by atoms with van der Waals surface area (Å²) in [5, 5.41) is 3.64. The lowest BCUT2D eigenvalue weighted by Gasteiger charge is -2.19. The highest BCUT2D eigenvalue weighted by Crippen LogP contribution is 2.26. The van der Waals surface area contributed by atoms with Crippen molar-refractivity contribution in [3.05, 3.63) is 64.2 Å². The van der Waals surface area contributed by atoms with E-state index >= 15 is 0 Å². The van der Waals surface area contributed by atoms with Crippen LogP contribution >= 0.6 is 23.4 Å². The van der Waals surface area contributed by atoms with Crippen LogP contribution in [0.1, 0.15) is 36.6 Å². The third kappa shape index (κ3) is 5.02. The summed E-state index contributed by atoms with van der Waals surface area (Å²) in [4.78, 5) is 13.5. The first-order valence-corrected chi connectivity index (χ1v) is 8.92. The van der Waals surface area contributed by atoms with Gasteiger partial charge in [-0.2, -0.15) is 0 Å². The van der Waals surface area contributed by atoms with Gasteiger partial charge in [-0.1, -0.05) is 35.4 Å². The number of benzene rings is 2. The molecule has 0 heterocycles. The van der Waals surface area contributed by atoms with E-state index in [0.717, 1.165) is 10.5 Å². The standard InChI is InChI=1S/C19H22ClNOS/c1-12-5-10-18(13(2)11-12)14(3)21-19(22)15(4)23-17-8-6-16(20)7-9-17/h5-11,14-15H,1-4H3,(H,21,22)/t14-,15-/m1/s1. The molecule has 2 atom stereocenters. The second-order valence-electron chi connectivity index (χ2n) is 5.80. The van der Waals surface area contributed by atoms with E-state index in [2.05, 4.69) is 37.4 Å². The van der Waals surface area contributed by atoms with Crippen LogP contribution in [-0.2, 0) is 4.79 Å². The van der Waals surface area contributed by atoms with E-state index < -0.39 is 0 Å². The fourth-order valence-electron chi connectivity index (χ4n) is 2.49. The lowest BCUT2D eigenvalue weighted by atomic mass is 10.0. The van der Waals surface area contributed by atoms with E-state index in [1.54, 1.807) is 0 Å². The van der Waals surface area contributed by atoms with Crippen LogP contribution < -0.4 is 5.32 Å². The second-order valence-corrected chi connectivity index (χ2v) is 7.65. The average molecular weight is 348 g/mol. The number of halogens is 1. The molecule has 0 spiro atoms. The molecule has 0 bridgehead atoms. The summed E-state index contributed by atoms with van der Waals surface area (Å²) in [5.41, 5.74) is 3.60.